The number of hydrogen-bond acceptors (Lipinski definition) is 5. The number of fused-ring (bicyclic) bond motifs is 2. The van der Waals surface area contributed by atoms with Gasteiger partial charge in [-0.1, -0.05) is 20.8 Å². The molecular formula is C21H24N2O3S. The first-order valence-corrected chi connectivity index (χ1v) is 10.1. The summed E-state index contributed by atoms with van der Waals surface area (Å²) in [5, 5.41) is 6.08. The average Bonchev–Trinajstić information content (AvgIpc) is 3.26. The SMILES string of the molecule is CC(C)(C)[C@H]1CCc2c(C(=O)N/N=C/c3ccc4c(c3)OCO4)csc2C1. The summed E-state index contributed by atoms with van der Waals surface area (Å²) in [6.07, 6.45) is 4.79. The zero-order chi connectivity index (χ0) is 19.0. The van der Waals surface area contributed by atoms with Gasteiger partial charge in [-0.3, -0.25) is 4.79 Å². The lowest BCUT2D eigenvalue weighted by Gasteiger charge is -2.33. The first kappa shape index (κ1) is 18.0. The Kier molecular flexibility index (Phi) is 4.68. The summed E-state index contributed by atoms with van der Waals surface area (Å²) in [6.45, 7) is 7.14. The maximum absolute atomic E-state index is 12.6. The fourth-order valence-corrected chi connectivity index (χ4v) is 4.82. The molecule has 27 heavy (non-hydrogen) atoms. The van der Waals surface area contributed by atoms with E-state index in [-0.39, 0.29) is 12.7 Å². The molecule has 0 saturated carbocycles. The lowest BCUT2D eigenvalue weighted by atomic mass is 9.72. The maximum atomic E-state index is 12.6. The summed E-state index contributed by atoms with van der Waals surface area (Å²) >= 11 is 1.70. The molecule has 0 fully saturated rings. The molecule has 1 aromatic carbocycles. The van der Waals surface area contributed by atoms with Crippen molar-refractivity contribution < 1.29 is 14.3 Å². The smallest absolute Gasteiger partial charge is 0.272 e. The normalized spacial score (nSPS) is 18.6. The van der Waals surface area contributed by atoms with Gasteiger partial charge in [0, 0.05) is 10.3 Å². The lowest BCUT2D eigenvalue weighted by Crippen LogP contribution is -2.27. The van der Waals surface area contributed by atoms with E-state index in [2.05, 4.69) is 31.3 Å². The largest absolute Gasteiger partial charge is 0.454 e. The molecule has 0 spiro atoms. The molecule has 0 saturated heterocycles. The van der Waals surface area contributed by atoms with Gasteiger partial charge in [0.05, 0.1) is 11.8 Å². The van der Waals surface area contributed by atoms with Crippen molar-refractivity contribution in [3.05, 3.63) is 45.1 Å². The predicted octanol–water partition coefficient (Wildman–Crippen LogP) is 4.39. The molecule has 0 unspecified atom stereocenters. The molecule has 2 heterocycles. The monoisotopic (exact) mass is 384 g/mol. The van der Waals surface area contributed by atoms with Crippen LogP contribution in [0.5, 0.6) is 11.5 Å². The van der Waals surface area contributed by atoms with Gasteiger partial charge in [-0.25, -0.2) is 5.43 Å². The summed E-state index contributed by atoms with van der Waals surface area (Å²) in [5.74, 6) is 1.96. The van der Waals surface area contributed by atoms with Gasteiger partial charge in [-0.15, -0.1) is 11.3 Å². The summed E-state index contributed by atoms with van der Waals surface area (Å²) in [5.41, 5.74) is 5.78. The Morgan fingerprint density at radius 1 is 1.30 bits per heavy atom. The van der Waals surface area contributed by atoms with Crippen LogP contribution >= 0.6 is 11.3 Å². The number of amides is 1. The van der Waals surface area contributed by atoms with Crippen molar-refractivity contribution in [3.63, 3.8) is 0 Å². The second kappa shape index (κ2) is 7.00. The van der Waals surface area contributed by atoms with Crippen LogP contribution in [-0.2, 0) is 12.8 Å². The summed E-state index contributed by atoms with van der Waals surface area (Å²) in [7, 11) is 0. The quantitative estimate of drug-likeness (QED) is 0.631. The number of carbonyl (C=O) groups is 1. The van der Waals surface area contributed by atoms with Crippen molar-refractivity contribution in [2.24, 2.45) is 16.4 Å². The second-order valence-corrected chi connectivity index (χ2v) is 9.13. The number of rotatable bonds is 3. The molecule has 2 aliphatic rings. The van der Waals surface area contributed by atoms with Crippen LogP contribution in [0, 0.1) is 11.3 Å². The van der Waals surface area contributed by atoms with E-state index in [1.54, 1.807) is 17.6 Å². The summed E-state index contributed by atoms with van der Waals surface area (Å²) in [6, 6.07) is 5.56. The third kappa shape index (κ3) is 3.72. The number of benzene rings is 1. The number of hydrazone groups is 1. The van der Waals surface area contributed by atoms with Crippen LogP contribution in [0.25, 0.3) is 0 Å². The first-order valence-electron chi connectivity index (χ1n) is 9.24. The van der Waals surface area contributed by atoms with Crippen LogP contribution in [-0.4, -0.2) is 18.9 Å². The first-order chi connectivity index (χ1) is 12.9. The molecule has 1 aromatic heterocycles. The zero-order valence-corrected chi connectivity index (χ0v) is 16.7. The third-order valence-corrected chi connectivity index (χ3v) is 6.45. The van der Waals surface area contributed by atoms with Crippen molar-refractivity contribution >= 4 is 23.5 Å². The van der Waals surface area contributed by atoms with Crippen LogP contribution in [0.4, 0.5) is 0 Å². The van der Waals surface area contributed by atoms with Gasteiger partial charge in [0.1, 0.15) is 0 Å². The Morgan fingerprint density at radius 2 is 2.11 bits per heavy atom. The number of hydrogen-bond donors (Lipinski definition) is 1. The predicted molar refractivity (Wildman–Crippen MR) is 107 cm³/mol. The van der Waals surface area contributed by atoms with E-state index in [0.29, 0.717) is 17.1 Å². The summed E-state index contributed by atoms with van der Waals surface area (Å²) in [4.78, 5) is 13.9. The number of nitrogens with zero attached hydrogens (tertiary/aromatic N) is 1. The standard InChI is InChI=1S/C21H24N2O3S/c1-21(2,3)14-5-6-15-16(11-27-19(15)9-14)20(24)23-22-10-13-4-7-17-18(8-13)26-12-25-17/h4,7-8,10-11,14H,5-6,9,12H2,1-3H3,(H,23,24)/b22-10+/t14-/m0/s1. The van der Waals surface area contributed by atoms with Crippen LogP contribution < -0.4 is 14.9 Å². The highest BCUT2D eigenvalue weighted by atomic mass is 32.1. The molecule has 1 N–H and O–H groups in total. The van der Waals surface area contributed by atoms with Gasteiger partial charge in [0.2, 0.25) is 6.79 Å². The molecule has 1 aliphatic heterocycles. The highest BCUT2D eigenvalue weighted by Gasteiger charge is 2.31. The van der Waals surface area contributed by atoms with Crippen LogP contribution in [0.1, 0.15) is 53.6 Å². The van der Waals surface area contributed by atoms with Gasteiger partial charge in [-0.2, -0.15) is 5.10 Å². The van der Waals surface area contributed by atoms with Gasteiger partial charge in [0.15, 0.2) is 11.5 Å². The minimum absolute atomic E-state index is 0.140. The van der Waals surface area contributed by atoms with Gasteiger partial charge in [0.25, 0.3) is 5.91 Å². The van der Waals surface area contributed by atoms with Gasteiger partial charge < -0.3 is 9.47 Å². The Morgan fingerprint density at radius 3 is 2.93 bits per heavy atom. The molecule has 0 bridgehead atoms. The van der Waals surface area contributed by atoms with Crippen molar-refractivity contribution in [1.82, 2.24) is 5.43 Å². The highest BCUT2D eigenvalue weighted by molar-refractivity contribution is 7.10. The molecular weight excluding hydrogens is 360 g/mol. The summed E-state index contributed by atoms with van der Waals surface area (Å²) < 4.78 is 10.6. The van der Waals surface area contributed by atoms with Crippen LogP contribution in [0.15, 0.2) is 28.7 Å². The minimum Gasteiger partial charge on any atom is -0.454 e. The molecule has 1 amide bonds. The molecule has 0 radical (unpaired) electrons. The number of carbonyl (C=O) groups excluding carboxylic acids is 1. The molecule has 1 atom stereocenters. The fraction of sp³-hybridized carbons (Fsp3) is 0.429. The van der Waals surface area contributed by atoms with E-state index < -0.39 is 0 Å². The molecule has 5 nitrogen and oxygen atoms in total. The van der Waals surface area contributed by atoms with E-state index in [1.165, 1.54) is 10.4 Å². The maximum Gasteiger partial charge on any atom is 0.272 e. The van der Waals surface area contributed by atoms with E-state index in [0.717, 1.165) is 36.1 Å². The van der Waals surface area contributed by atoms with E-state index in [4.69, 9.17) is 9.47 Å². The number of thiophene rings is 1. The Bertz CT molecular complexity index is 895. The Labute approximate surface area is 163 Å². The van der Waals surface area contributed by atoms with Crippen molar-refractivity contribution in [2.45, 2.75) is 40.0 Å². The number of nitrogens with one attached hydrogen (secondary N) is 1. The minimum atomic E-state index is -0.140. The topological polar surface area (TPSA) is 59.9 Å². The highest BCUT2D eigenvalue weighted by Crippen LogP contribution is 2.40. The molecule has 2 aromatic rings. The van der Waals surface area contributed by atoms with E-state index in [9.17, 15) is 4.79 Å². The van der Waals surface area contributed by atoms with E-state index in [1.807, 2.05) is 23.6 Å². The van der Waals surface area contributed by atoms with Crippen LogP contribution in [0.2, 0.25) is 0 Å². The van der Waals surface area contributed by atoms with E-state index >= 15 is 0 Å². The molecule has 1 aliphatic carbocycles. The van der Waals surface area contributed by atoms with Crippen molar-refractivity contribution in [2.75, 3.05) is 6.79 Å². The van der Waals surface area contributed by atoms with Crippen molar-refractivity contribution in [3.8, 4) is 11.5 Å². The lowest BCUT2D eigenvalue weighted by molar-refractivity contribution is 0.0954. The Hall–Kier alpha value is -2.34. The molecule has 4 rings (SSSR count). The number of ether oxygens (including phenoxy) is 2. The fourth-order valence-electron chi connectivity index (χ4n) is 3.66. The van der Waals surface area contributed by atoms with Crippen molar-refractivity contribution in [1.29, 1.82) is 0 Å². The molecule has 6 heteroatoms. The van der Waals surface area contributed by atoms with Gasteiger partial charge in [-0.05, 0) is 59.9 Å². The van der Waals surface area contributed by atoms with Gasteiger partial charge >= 0.3 is 0 Å². The molecule has 142 valence electrons. The van der Waals surface area contributed by atoms with Crippen LogP contribution in [0.3, 0.4) is 0 Å². The Balaban J connectivity index is 1.42. The average molecular weight is 385 g/mol. The second-order valence-electron chi connectivity index (χ2n) is 8.17. The zero-order valence-electron chi connectivity index (χ0n) is 15.9. The third-order valence-electron chi connectivity index (χ3n) is 5.40.